The Kier molecular flexibility index (Phi) is 10.3. The number of nitrogens with one attached hydrogen (secondary N) is 1. The Balaban J connectivity index is 3.06. The number of halogens is 2. The molecule has 29 heavy (non-hydrogen) atoms. The van der Waals surface area contributed by atoms with Gasteiger partial charge in [-0.3, -0.25) is 9.59 Å². The van der Waals surface area contributed by atoms with Crippen LogP contribution in [-0.2, 0) is 16.0 Å². The van der Waals surface area contributed by atoms with Gasteiger partial charge >= 0.3 is 12.1 Å². The van der Waals surface area contributed by atoms with Gasteiger partial charge in [-0.2, -0.15) is 0 Å². The molecule has 2 N–H and O–H groups in total. The zero-order valence-corrected chi connectivity index (χ0v) is 18.4. The minimum Gasteiger partial charge on any atom is -0.481 e. The summed E-state index contributed by atoms with van der Waals surface area (Å²) in [5.41, 5.74) is 0.327. The molecule has 1 atom stereocenters. The lowest BCUT2D eigenvalue weighted by Gasteiger charge is -2.25. The summed E-state index contributed by atoms with van der Waals surface area (Å²) in [6.45, 7) is 5.84. The second-order valence-corrected chi connectivity index (χ2v) is 8.23. The normalized spacial score (nSPS) is 12.2. The van der Waals surface area contributed by atoms with Crippen molar-refractivity contribution < 1.29 is 24.2 Å². The largest absolute Gasteiger partial charge is 0.481 e. The summed E-state index contributed by atoms with van der Waals surface area (Å²) in [6, 6.07) is 6.14. The van der Waals surface area contributed by atoms with Crippen LogP contribution in [0.5, 0.6) is 0 Å². The van der Waals surface area contributed by atoms with Gasteiger partial charge < -0.3 is 20.1 Å². The first kappa shape index (κ1) is 25.0. The molecule has 1 aromatic carbocycles. The number of alkyl halides is 2. The van der Waals surface area contributed by atoms with Crippen LogP contribution in [0.4, 0.5) is 4.79 Å². The Morgan fingerprint density at radius 3 is 2.24 bits per heavy atom. The zero-order valence-electron chi connectivity index (χ0n) is 16.9. The minimum atomic E-state index is -1.07. The minimum absolute atomic E-state index is 0.156. The van der Waals surface area contributed by atoms with Crippen molar-refractivity contribution in [3.63, 3.8) is 0 Å². The van der Waals surface area contributed by atoms with Gasteiger partial charge in [0.05, 0.1) is 6.42 Å². The van der Waals surface area contributed by atoms with Gasteiger partial charge in [0.1, 0.15) is 5.60 Å². The monoisotopic (exact) mass is 446 g/mol. The molecule has 0 aliphatic carbocycles. The van der Waals surface area contributed by atoms with Gasteiger partial charge in [0.2, 0.25) is 0 Å². The average Bonchev–Trinajstić information content (AvgIpc) is 2.59. The van der Waals surface area contributed by atoms with Crippen molar-refractivity contribution in [1.29, 1.82) is 0 Å². The van der Waals surface area contributed by atoms with Crippen molar-refractivity contribution in [2.24, 2.45) is 0 Å². The molecular formula is C20H28Cl2N2O5. The quantitative estimate of drug-likeness (QED) is 0.535. The van der Waals surface area contributed by atoms with E-state index in [1.165, 1.54) is 0 Å². The maximum absolute atomic E-state index is 12.9. The number of alkyl carbamates (subject to hydrolysis) is 1. The van der Waals surface area contributed by atoms with E-state index in [1.54, 1.807) is 49.9 Å². The number of carboxylic acids is 1. The molecule has 1 rings (SSSR count). The Hall–Kier alpha value is -1.99. The summed E-state index contributed by atoms with van der Waals surface area (Å²) in [5.74, 6) is -0.770. The van der Waals surface area contributed by atoms with Crippen LogP contribution in [0.3, 0.4) is 0 Å². The van der Waals surface area contributed by atoms with Crippen molar-refractivity contribution in [3.05, 3.63) is 35.4 Å². The topological polar surface area (TPSA) is 95.9 Å². The molecule has 9 heteroatoms. The van der Waals surface area contributed by atoms with Gasteiger partial charge in [-0.25, -0.2) is 4.79 Å². The molecule has 0 saturated carbocycles. The lowest BCUT2D eigenvalue weighted by molar-refractivity contribution is -0.137. The number of carboxylic acid groups (broad SMARTS) is 1. The number of amides is 2. The maximum atomic E-state index is 12.9. The average molecular weight is 447 g/mol. The van der Waals surface area contributed by atoms with Crippen LogP contribution in [0.25, 0.3) is 0 Å². The highest BCUT2D eigenvalue weighted by Crippen LogP contribution is 2.16. The fourth-order valence-electron chi connectivity index (χ4n) is 2.72. The van der Waals surface area contributed by atoms with E-state index in [9.17, 15) is 19.5 Å². The van der Waals surface area contributed by atoms with E-state index in [1.807, 2.05) is 0 Å². The molecule has 0 fully saturated rings. The summed E-state index contributed by atoms with van der Waals surface area (Å²) < 4.78 is 5.22. The van der Waals surface area contributed by atoms with Gasteiger partial charge in [-0.05, 0) is 38.8 Å². The van der Waals surface area contributed by atoms with Gasteiger partial charge in [0.25, 0.3) is 5.91 Å². The predicted molar refractivity (Wildman–Crippen MR) is 113 cm³/mol. The fraction of sp³-hybridized carbons (Fsp3) is 0.550. The van der Waals surface area contributed by atoms with E-state index in [4.69, 9.17) is 27.9 Å². The summed E-state index contributed by atoms with van der Waals surface area (Å²) in [7, 11) is 0. The second kappa shape index (κ2) is 11.9. The number of aliphatic carboxylic acids is 1. The van der Waals surface area contributed by atoms with Crippen molar-refractivity contribution in [2.75, 3.05) is 24.8 Å². The van der Waals surface area contributed by atoms with Crippen LogP contribution in [-0.4, -0.2) is 64.5 Å². The number of carbonyl (C=O) groups excluding carboxylic acids is 2. The number of rotatable bonds is 10. The Morgan fingerprint density at radius 1 is 1.14 bits per heavy atom. The van der Waals surface area contributed by atoms with E-state index in [0.717, 1.165) is 0 Å². The van der Waals surface area contributed by atoms with E-state index < -0.39 is 23.7 Å². The standard InChI is InChI=1S/C20H28Cl2N2O5/c1-20(2,3)29-19(28)23-15(13-17(25)26)12-14-6-4-5-7-16(14)18(27)24(10-8-21)11-9-22/h4-7,15H,8-13H2,1-3H3,(H,23,28)(H,25,26). The Labute approximate surface area is 181 Å². The molecule has 0 aromatic heterocycles. The lowest BCUT2D eigenvalue weighted by Crippen LogP contribution is -2.42. The molecule has 0 saturated heterocycles. The van der Waals surface area contributed by atoms with E-state index in [-0.39, 0.29) is 30.5 Å². The molecular weight excluding hydrogens is 419 g/mol. The molecule has 0 aliphatic rings. The van der Waals surface area contributed by atoms with Gasteiger partial charge in [-0.1, -0.05) is 18.2 Å². The SMILES string of the molecule is CC(C)(C)OC(=O)NC(CC(=O)O)Cc1ccccc1C(=O)N(CCCl)CCCl. The zero-order chi connectivity index (χ0) is 22.0. The lowest BCUT2D eigenvalue weighted by atomic mass is 9.97. The van der Waals surface area contributed by atoms with Crippen LogP contribution in [0.2, 0.25) is 0 Å². The molecule has 1 unspecified atom stereocenters. The highest BCUT2D eigenvalue weighted by Gasteiger charge is 2.24. The smallest absolute Gasteiger partial charge is 0.407 e. The van der Waals surface area contributed by atoms with Crippen molar-refractivity contribution in [3.8, 4) is 0 Å². The third-order valence-electron chi connectivity index (χ3n) is 3.85. The fourth-order valence-corrected chi connectivity index (χ4v) is 3.13. The highest BCUT2D eigenvalue weighted by molar-refractivity contribution is 6.18. The second-order valence-electron chi connectivity index (χ2n) is 7.47. The summed E-state index contributed by atoms with van der Waals surface area (Å²) >= 11 is 11.6. The molecule has 0 spiro atoms. The first-order chi connectivity index (χ1) is 13.6. The van der Waals surface area contributed by atoms with Crippen LogP contribution >= 0.6 is 23.2 Å². The third kappa shape index (κ3) is 9.37. The number of ether oxygens (including phenoxy) is 1. The number of hydrogen-bond donors (Lipinski definition) is 2. The van der Waals surface area contributed by atoms with Crippen molar-refractivity contribution >= 4 is 41.2 Å². The van der Waals surface area contributed by atoms with Crippen molar-refractivity contribution in [1.82, 2.24) is 10.2 Å². The predicted octanol–water partition coefficient (Wildman–Crippen LogP) is 3.52. The van der Waals surface area contributed by atoms with E-state index in [2.05, 4.69) is 5.32 Å². The number of benzene rings is 1. The molecule has 1 aromatic rings. The maximum Gasteiger partial charge on any atom is 0.407 e. The van der Waals surface area contributed by atoms with Crippen LogP contribution in [0, 0.1) is 0 Å². The molecule has 0 aliphatic heterocycles. The van der Waals surface area contributed by atoms with Crippen LogP contribution in [0.15, 0.2) is 24.3 Å². The van der Waals surface area contributed by atoms with E-state index in [0.29, 0.717) is 24.2 Å². The first-order valence-corrected chi connectivity index (χ1v) is 10.3. The molecule has 162 valence electrons. The van der Waals surface area contributed by atoms with Gasteiger partial charge in [-0.15, -0.1) is 23.2 Å². The highest BCUT2D eigenvalue weighted by atomic mass is 35.5. The Bertz CT molecular complexity index is 700. The summed E-state index contributed by atoms with van der Waals surface area (Å²) in [5, 5.41) is 11.8. The molecule has 2 amide bonds. The molecule has 0 bridgehead atoms. The van der Waals surface area contributed by atoms with Gasteiger partial charge in [0.15, 0.2) is 0 Å². The summed E-state index contributed by atoms with van der Waals surface area (Å²) in [6.07, 6.45) is -0.865. The Morgan fingerprint density at radius 2 is 1.72 bits per heavy atom. The van der Waals surface area contributed by atoms with Crippen molar-refractivity contribution in [2.45, 2.75) is 45.3 Å². The van der Waals surface area contributed by atoms with Crippen LogP contribution in [0.1, 0.15) is 43.1 Å². The van der Waals surface area contributed by atoms with Crippen LogP contribution < -0.4 is 5.32 Å². The number of carbonyl (C=O) groups is 3. The molecule has 7 nitrogen and oxygen atoms in total. The molecule has 0 heterocycles. The summed E-state index contributed by atoms with van der Waals surface area (Å²) in [4.78, 5) is 37.9. The molecule has 0 radical (unpaired) electrons. The first-order valence-electron chi connectivity index (χ1n) is 9.27. The van der Waals surface area contributed by atoms with E-state index >= 15 is 0 Å². The van der Waals surface area contributed by atoms with Gasteiger partial charge in [0, 0.05) is 36.5 Å². The number of hydrogen-bond acceptors (Lipinski definition) is 4. The third-order valence-corrected chi connectivity index (χ3v) is 4.19. The number of nitrogens with zero attached hydrogens (tertiary/aromatic N) is 1.